The van der Waals surface area contributed by atoms with Gasteiger partial charge in [-0.25, -0.2) is 4.98 Å². The lowest BCUT2D eigenvalue weighted by Crippen LogP contribution is -2.24. The Morgan fingerprint density at radius 2 is 2.00 bits per heavy atom. The maximum atomic E-state index is 10.4. The Balaban J connectivity index is 0.000000233. The molecule has 0 saturated carbocycles. The zero-order valence-corrected chi connectivity index (χ0v) is 17.1. The lowest BCUT2D eigenvalue weighted by molar-refractivity contribution is 0.314. The first-order valence-electron chi connectivity index (χ1n) is 8.38. The molecule has 0 spiro atoms. The predicted molar refractivity (Wildman–Crippen MR) is 107 cm³/mol. The Labute approximate surface area is 166 Å². The third-order valence-corrected chi connectivity index (χ3v) is 5.55. The number of imidazole rings is 1. The minimum Gasteiger partial charge on any atom is -0.358 e. The average Bonchev–Trinajstić information content (AvgIpc) is 3.36. The molecular formula is C16H26N4O6S2. The van der Waals surface area contributed by atoms with E-state index in [1.54, 1.807) is 29.5 Å². The molecule has 0 amide bonds. The lowest BCUT2D eigenvalue weighted by Gasteiger charge is -2.17. The minimum absolute atomic E-state index is 0.189. The molecular weight excluding hydrogens is 408 g/mol. The third kappa shape index (κ3) is 10.9. The summed E-state index contributed by atoms with van der Waals surface area (Å²) in [7, 11) is -6.87. The molecule has 2 aliphatic rings. The van der Waals surface area contributed by atoms with Crippen molar-refractivity contribution >= 4 is 26.4 Å². The van der Waals surface area contributed by atoms with Crippen molar-refractivity contribution in [3.63, 3.8) is 0 Å². The highest BCUT2D eigenvalue weighted by molar-refractivity contribution is 7.86. The van der Waals surface area contributed by atoms with Crippen LogP contribution in [0.4, 0.5) is 0 Å². The van der Waals surface area contributed by atoms with Crippen LogP contribution in [-0.4, -0.2) is 72.1 Å². The SMILES string of the molecule is C=CN1C=CN(CCCS(=O)(=O)O)C1.C=Cn1ccnc1.O=S1(=O)CCCO1. The van der Waals surface area contributed by atoms with E-state index in [2.05, 4.69) is 22.3 Å². The zero-order chi connectivity index (χ0) is 21.0. The Hall–Kier alpha value is -2.15. The van der Waals surface area contributed by atoms with Gasteiger partial charge in [-0.1, -0.05) is 13.2 Å². The van der Waals surface area contributed by atoms with Crippen LogP contribution in [-0.2, 0) is 24.4 Å². The first-order valence-corrected chi connectivity index (χ1v) is 11.6. The van der Waals surface area contributed by atoms with Crippen molar-refractivity contribution in [1.82, 2.24) is 19.4 Å². The highest BCUT2D eigenvalue weighted by atomic mass is 32.2. The maximum Gasteiger partial charge on any atom is 0.267 e. The molecule has 0 unspecified atom stereocenters. The molecule has 0 aromatic carbocycles. The molecule has 28 heavy (non-hydrogen) atoms. The summed E-state index contributed by atoms with van der Waals surface area (Å²) in [5.74, 6) is 0.0123. The molecule has 0 bridgehead atoms. The third-order valence-electron chi connectivity index (χ3n) is 3.43. The van der Waals surface area contributed by atoms with Crippen LogP contribution in [0.25, 0.3) is 6.20 Å². The number of rotatable bonds is 6. The second-order valence-corrected chi connectivity index (χ2v) is 9.05. The molecule has 1 aromatic rings. The monoisotopic (exact) mass is 434 g/mol. The van der Waals surface area contributed by atoms with E-state index in [1.807, 2.05) is 28.4 Å². The molecule has 3 heterocycles. The van der Waals surface area contributed by atoms with Crippen molar-refractivity contribution in [2.24, 2.45) is 0 Å². The summed E-state index contributed by atoms with van der Waals surface area (Å²) in [4.78, 5) is 7.62. The first-order chi connectivity index (χ1) is 13.1. The minimum atomic E-state index is -3.82. The van der Waals surface area contributed by atoms with Gasteiger partial charge in [0.2, 0.25) is 0 Å². The summed E-state index contributed by atoms with van der Waals surface area (Å²) in [6, 6.07) is 0. The Morgan fingerprint density at radius 1 is 1.25 bits per heavy atom. The van der Waals surface area contributed by atoms with Gasteiger partial charge in [-0.3, -0.25) is 8.74 Å². The van der Waals surface area contributed by atoms with Gasteiger partial charge < -0.3 is 14.4 Å². The summed E-state index contributed by atoms with van der Waals surface area (Å²) in [5.41, 5.74) is 0. The van der Waals surface area contributed by atoms with E-state index in [0.717, 1.165) is 0 Å². The molecule has 10 nitrogen and oxygen atoms in total. The van der Waals surface area contributed by atoms with E-state index in [0.29, 0.717) is 32.7 Å². The molecule has 1 N–H and O–H groups in total. The van der Waals surface area contributed by atoms with Gasteiger partial charge in [0.25, 0.3) is 20.2 Å². The van der Waals surface area contributed by atoms with Crippen LogP contribution in [0.1, 0.15) is 12.8 Å². The van der Waals surface area contributed by atoms with Crippen LogP contribution < -0.4 is 0 Å². The van der Waals surface area contributed by atoms with E-state index in [1.165, 1.54) is 0 Å². The van der Waals surface area contributed by atoms with Crippen LogP contribution in [0.15, 0.2) is 50.5 Å². The van der Waals surface area contributed by atoms with Crippen molar-refractivity contribution < 1.29 is 25.6 Å². The van der Waals surface area contributed by atoms with Crippen LogP contribution >= 0.6 is 0 Å². The molecule has 158 valence electrons. The summed E-state index contributed by atoms with van der Waals surface area (Å²) < 4.78 is 55.8. The second kappa shape index (κ2) is 11.6. The fraction of sp³-hybridized carbons (Fsp3) is 0.438. The van der Waals surface area contributed by atoms with Crippen molar-refractivity contribution in [3.8, 4) is 0 Å². The Bertz CT molecular complexity index is 822. The van der Waals surface area contributed by atoms with Crippen LogP contribution in [0.2, 0.25) is 0 Å². The zero-order valence-electron chi connectivity index (χ0n) is 15.5. The number of hydrogen-bond acceptors (Lipinski definition) is 8. The van der Waals surface area contributed by atoms with Crippen LogP contribution in [0, 0.1) is 0 Å². The quantitative estimate of drug-likeness (QED) is 0.519. The van der Waals surface area contributed by atoms with E-state index in [4.69, 9.17) is 4.55 Å². The van der Waals surface area contributed by atoms with Gasteiger partial charge in [-0.15, -0.1) is 0 Å². The maximum absolute atomic E-state index is 10.4. The second-order valence-electron chi connectivity index (χ2n) is 5.72. The molecule has 0 atom stereocenters. The topological polar surface area (TPSA) is 122 Å². The molecule has 1 fully saturated rings. The summed E-state index contributed by atoms with van der Waals surface area (Å²) in [5, 5.41) is 0. The van der Waals surface area contributed by atoms with Gasteiger partial charge in [-0.05, 0) is 19.0 Å². The van der Waals surface area contributed by atoms with Gasteiger partial charge in [0.1, 0.15) is 0 Å². The fourth-order valence-electron chi connectivity index (χ4n) is 2.06. The van der Waals surface area contributed by atoms with E-state index in [9.17, 15) is 16.8 Å². The van der Waals surface area contributed by atoms with Crippen molar-refractivity contribution in [3.05, 3.63) is 50.5 Å². The van der Waals surface area contributed by atoms with E-state index in [-0.39, 0.29) is 11.5 Å². The lowest BCUT2D eigenvalue weighted by atomic mass is 10.4. The van der Waals surface area contributed by atoms with Crippen molar-refractivity contribution in [2.75, 3.05) is 31.3 Å². The largest absolute Gasteiger partial charge is 0.358 e. The van der Waals surface area contributed by atoms with Crippen LogP contribution in [0.3, 0.4) is 0 Å². The fourth-order valence-corrected chi connectivity index (χ4v) is 3.51. The van der Waals surface area contributed by atoms with E-state index < -0.39 is 20.2 Å². The van der Waals surface area contributed by atoms with Crippen molar-refractivity contribution in [2.45, 2.75) is 12.8 Å². The van der Waals surface area contributed by atoms with Gasteiger partial charge in [0, 0.05) is 37.5 Å². The Morgan fingerprint density at radius 3 is 2.36 bits per heavy atom. The Kier molecular flexibility index (Phi) is 9.93. The summed E-state index contributed by atoms with van der Waals surface area (Å²) in [6.45, 7) is 8.81. The highest BCUT2D eigenvalue weighted by Gasteiger charge is 2.17. The predicted octanol–water partition coefficient (Wildman–Crippen LogP) is 1.17. The number of aromatic nitrogens is 2. The summed E-state index contributed by atoms with van der Waals surface area (Å²) in [6.07, 6.45) is 13.4. The smallest absolute Gasteiger partial charge is 0.267 e. The molecule has 1 saturated heterocycles. The molecule has 2 aliphatic heterocycles. The molecule has 0 aliphatic carbocycles. The highest BCUT2D eigenvalue weighted by Crippen LogP contribution is 2.07. The van der Waals surface area contributed by atoms with E-state index >= 15 is 0 Å². The van der Waals surface area contributed by atoms with Crippen LogP contribution in [0.5, 0.6) is 0 Å². The summed E-state index contributed by atoms with van der Waals surface area (Å²) >= 11 is 0. The van der Waals surface area contributed by atoms with Gasteiger partial charge in [0.15, 0.2) is 0 Å². The first kappa shape index (κ1) is 23.9. The van der Waals surface area contributed by atoms with Gasteiger partial charge in [-0.2, -0.15) is 16.8 Å². The molecule has 0 radical (unpaired) electrons. The number of hydrogen-bond donors (Lipinski definition) is 1. The molecule has 3 rings (SSSR count). The van der Waals surface area contributed by atoms with Gasteiger partial charge >= 0.3 is 0 Å². The molecule has 1 aromatic heterocycles. The molecule has 12 heteroatoms. The number of nitrogens with zero attached hydrogens (tertiary/aromatic N) is 4. The normalized spacial score (nSPS) is 17.3. The van der Waals surface area contributed by atoms with Gasteiger partial charge in [0.05, 0.1) is 31.1 Å². The average molecular weight is 435 g/mol. The van der Waals surface area contributed by atoms with Crippen molar-refractivity contribution in [1.29, 1.82) is 0 Å². The standard InChI is InChI=1S/C8H14N2O3S.C5H6N2.C3H6O3S/c1-2-9-5-6-10(8-9)4-3-7-14(11,12)13;1-2-7-4-3-6-5-7;4-7(5)3-1-2-6-7/h2,5-6H,1,3-4,7-8H2,(H,11,12,13);2-5H,1H2;1-3H2.